The monoisotopic (exact) mass is 955 g/mol. The van der Waals surface area contributed by atoms with Crippen molar-refractivity contribution < 1.29 is 66.5 Å². The molecule has 24 nitrogen and oxygen atoms in total. The van der Waals surface area contributed by atoms with Gasteiger partial charge in [0.25, 0.3) is 20.2 Å². The standard InChI is InChI=1S/C33H30ClN9O15S4/c1-2-43(20-8-10-21(11-9-20)59(47,48)15-14-58-62(55,56)57)33-37-31(34)36-32(38-33)35-26-17-23(61(52,53)54)18-27(28(26)44)40-42-29(19-6-4-3-5-7-19)41-39-25-16-22(60(49,50)51)12-13-24(25)30(45)46/h3-6,8-13,16-18,44H,2,7,14-15H2,1H3,(H,45,46)(H,49,50,51)(H,52,53,54)(H,55,56,57)(H,35,36,37,38)/b29-19-,41-39?,42-40?. The number of rotatable bonds is 17. The third-order valence-corrected chi connectivity index (χ3v) is 12.0. The van der Waals surface area contributed by atoms with Crippen LogP contribution in [0.4, 0.5) is 34.6 Å². The molecule has 0 saturated heterocycles. The van der Waals surface area contributed by atoms with E-state index >= 15 is 0 Å². The summed E-state index contributed by atoms with van der Waals surface area (Å²) in [6, 6.07) is 9.14. The summed E-state index contributed by atoms with van der Waals surface area (Å²) < 4.78 is 127. The normalized spacial score (nSPS) is 14.4. The molecule has 1 aromatic heterocycles. The number of aromatic carboxylic acids is 1. The van der Waals surface area contributed by atoms with Crippen molar-refractivity contribution in [1.82, 2.24) is 15.0 Å². The Morgan fingerprint density at radius 3 is 2.05 bits per heavy atom. The van der Waals surface area contributed by atoms with Crippen molar-refractivity contribution in [2.24, 2.45) is 20.5 Å². The Morgan fingerprint density at radius 2 is 1.47 bits per heavy atom. The zero-order valence-corrected chi connectivity index (χ0v) is 35.3. The summed E-state index contributed by atoms with van der Waals surface area (Å²) in [5.41, 5.74) is -1.46. The smallest absolute Gasteiger partial charge is 0.397 e. The summed E-state index contributed by atoms with van der Waals surface area (Å²) in [5.74, 6) is -3.95. The van der Waals surface area contributed by atoms with Crippen LogP contribution in [-0.4, -0.2) is 97.4 Å². The fourth-order valence-electron chi connectivity index (χ4n) is 5.16. The van der Waals surface area contributed by atoms with E-state index in [0.29, 0.717) is 11.3 Å². The van der Waals surface area contributed by atoms with Crippen LogP contribution in [0.25, 0.3) is 0 Å². The summed E-state index contributed by atoms with van der Waals surface area (Å²) in [5, 5.41) is 38.7. The quantitative estimate of drug-likeness (QED) is 0.0431. The number of phenolic OH excluding ortho intramolecular Hbond substituents is 1. The number of sulfone groups is 1. The van der Waals surface area contributed by atoms with Gasteiger partial charge in [0, 0.05) is 17.8 Å². The summed E-state index contributed by atoms with van der Waals surface area (Å²) in [6.45, 7) is 0.976. The van der Waals surface area contributed by atoms with Gasteiger partial charge in [-0.3, -0.25) is 13.7 Å². The molecule has 4 aromatic rings. The Labute approximate surface area is 357 Å². The summed E-state index contributed by atoms with van der Waals surface area (Å²) in [7, 11) is -18.7. The van der Waals surface area contributed by atoms with E-state index in [4.69, 9.17) is 16.2 Å². The van der Waals surface area contributed by atoms with Crippen molar-refractivity contribution in [3.63, 3.8) is 0 Å². The number of allylic oxidation sites excluding steroid dienone is 5. The Morgan fingerprint density at radius 1 is 0.839 bits per heavy atom. The van der Waals surface area contributed by atoms with E-state index in [9.17, 15) is 57.8 Å². The Balaban J connectivity index is 1.50. The van der Waals surface area contributed by atoms with Gasteiger partial charge in [0.15, 0.2) is 21.4 Å². The minimum atomic E-state index is -5.01. The van der Waals surface area contributed by atoms with Crippen molar-refractivity contribution in [2.45, 2.75) is 28.0 Å². The van der Waals surface area contributed by atoms with Crippen LogP contribution in [0, 0.1) is 0 Å². The molecule has 328 valence electrons. The lowest BCUT2D eigenvalue weighted by Crippen LogP contribution is -2.20. The van der Waals surface area contributed by atoms with Gasteiger partial charge in [-0.2, -0.15) is 40.2 Å². The molecule has 0 amide bonds. The topological polar surface area (TPSA) is 367 Å². The number of hydrogen-bond acceptors (Lipinski definition) is 20. The third-order valence-electron chi connectivity index (χ3n) is 8.03. The zero-order valence-electron chi connectivity index (χ0n) is 31.2. The first-order valence-corrected chi connectivity index (χ1v) is 23.2. The number of carbonyl (C=O) groups is 1. The molecular weight excluding hydrogens is 926 g/mol. The first kappa shape index (κ1) is 46.9. The lowest BCUT2D eigenvalue weighted by Gasteiger charge is -2.22. The molecule has 0 spiro atoms. The van der Waals surface area contributed by atoms with Gasteiger partial charge in [-0.05, 0) is 79.5 Å². The first-order valence-electron chi connectivity index (χ1n) is 16.9. The fourth-order valence-corrected chi connectivity index (χ4v) is 7.83. The van der Waals surface area contributed by atoms with Crippen LogP contribution in [0.1, 0.15) is 23.7 Å². The maximum Gasteiger partial charge on any atom is 0.397 e. The highest BCUT2D eigenvalue weighted by atomic mass is 35.5. The molecule has 0 unspecified atom stereocenters. The maximum atomic E-state index is 12.7. The molecule has 6 N–H and O–H groups in total. The number of carboxylic acids is 1. The number of phenols is 1. The van der Waals surface area contributed by atoms with Gasteiger partial charge in [-0.1, -0.05) is 24.3 Å². The highest BCUT2D eigenvalue weighted by molar-refractivity contribution is 7.91. The number of benzene rings is 3. The van der Waals surface area contributed by atoms with Crippen molar-refractivity contribution >= 4 is 92.7 Å². The molecule has 0 radical (unpaired) electrons. The van der Waals surface area contributed by atoms with E-state index in [1.165, 1.54) is 35.2 Å². The molecule has 29 heteroatoms. The first-order chi connectivity index (χ1) is 28.9. The zero-order chi connectivity index (χ0) is 45.6. The highest BCUT2D eigenvalue weighted by Crippen LogP contribution is 2.40. The lowest BCUT2D eigenvalue weighted by molar-refractivity contribution is 0.0697. The van der Waals surface area contributed by atoms with Crippen molar-refractivity contribution in [3.8, 4) is 5.75 Å². The van der Waals surface area contributed by atoms with Crippen molar-refractivity contribution in [2.75, 3.05) is 29.1 Å². The summed E-state index contributed by atoms with van der Waals surface area (Å²) >= 11 is 6.21. The molecule has 0 atom stereocenters. The number of hydrogen-bond donors (Lipinski definition) is 6. The van der Waals surface area contributed by atoms with Crippen LogP contribution in [-0.2, 0) is 44.7 Å². The molecule has 62 heavy (non-hydrogen) atoms. The summed E-state index contributed by atoms with van der Waals surface area (Å²) in [6.07, 6.45) is 6.61. The number of halogens is 1. The van der Waals surface area contributed by atoms with Crippen LogP contribution in [0.2, 0.25) is 5.28 Å². The molecule has 3 aromatic carbocycles. The van der Waals surface area contributed by atoms with Crippen LogP contribution in [0.3, 0.4) is 0 Å². The largest absolute Gasteiger partial charge is 0.504 e. The second-order valence-corrected chi connectivity index (χ2v) is 18.6. The van der Waals surface area contributed by atoms with Gasteiger partial charge in [-0.15, -0.1) is 20.5 Å². The second kappa shape index (κ2) is 18.9. The van der Waals surface area contributed by atoms with E-state index in [1.54, 1.807) is 25.2 Å². The van der Waals surface area contributed by atoms with Gasteiger partial charge >= 0.3 is 16.4 Å². The van der Waals surface area contributed by atoms with Gasteiger partial charge in [0.2, 0.25) is 17.2 Å². The molecule has 1 aliphatic rings. The molecule has 5 rings (SSSR count). The van der Waals surface area contributed by atoms with Crippen molar-refractivity contribution in [1.29, 1.82) is 0 Å². The number of nitrogens with one attached hydrogen (secondary N) is 1. The summed E-state index contributed by atoms with van der Waals surface area (Å²) in [4.78, 5) is 23.9. The van der Waals surface area contributed by atoms with E-state index in [1.807, 2.05) is 0 Å². The molecule has 0 saturated carbocycles. The van der Waals surface area contributed by atoms with Crippen LogP contribution < -0.4 is 10.2 Å². The number of aromatic nitrogens is 3. The Kier molecular flexibility index (Phi) is 14.3. The average molecular weight is 956 g/mol. The van der Waals surface area contributed by atoms with Gasteiger partial charge in [0.1, 0.15) is 11.4 Å². The Bertz CT molecular complexity index is 3040. The second-order valence-electron chi connectivity index (χ2n) is 12.2. The fraction of sp³-hybridized carbons (Fsp3) is 0.152. The van der Waals surface area contributed by atoms with Crippen LogP contribution in [0.5, 0.6) is 5.75 Å². The number of nitrogens with zero attached hydrogens (tertiary/aromatic N) is 8. The molecule has 0 fully saturated rings. The van der Waals surface area contributed by atoms with Gasteiger partial charge in [0.05, 0.1) is 38.3 Å². The SMILES string of the molecule is CCN(c1ccc(S(=O)(=O)CCOS(=O)(=O)O)cc1)c1nc(Cl)nc(Nc2cc(S(=O)(=O)O)cc(N=N/C(N=Nc3cc(S(=O)(=O)O)ccc3C(=O)O)=C3/C=CC=CC3)c2O)n1. The number of anilines is 4. The molecule has 0 bridgehead atoms. The number of aromatic hydroxyl groups is 1. The van der Waals surface area contributed by atoms with E-state index in [-0.39, 0.29) is 35.6 Å². The van der Waals surface area contributed by atoms with Crippen LogP contribution >= 0.6 is 11.6 Å². The molecule has 1 heterocycles. The van der Waals surface area contributed by atoms with E-state index in [2.05, 4.69) is 44.9 Å². The van der Waals surface area contributed by atoms with E-state index < -0.39 is 102 Å². The number of carboxylic acid groups (broad SMARTS) is 1. The number of azo groups is 2. The van der Waals surface area contributed by atoms with E-state index in [0.717, 1.165) is 30.3 Å². The van der Waals surface area contributed by atoms with Crippen LogP contribution in [0.15, 0.2) is 125 Å². The highest BCUT2D eigenvalue weighted by Gasteiger charge is 2.22. The van der Waals surface area contributed by atoms with Gasteiger partial charge in [-0.25, -0.2) is 17.4 Å². The minimum Gasteiger partial charge on any atom is -0.504 e. The predicted octanol–water partition coefficient (Wildman–Crippen LogP) is 5.51. The third kappa shape index (κ3) is 12.3. The maximum absolute atomic E-state index is 12.7. The molecule has 1 aliphatic carbocycles. The minimum absolute atomic E-state index is 0.137. The van der Waals surface area contributed by atoms with Crippen molar-refractivity contribution in [3.05, 3.63) is 101 Å². The Hall–Kier alpha value is -6.11. The molecule has 0 aliphatic heterocycles. The van der Waals surface area contributed by atoms with Gasteiger partial charge < -0.3 is 20.4 Å². The molecular formula is C33H30ClN9O15S4. The lowest BCUT2D eigenvalue weighted by atomic mass is 10.1. The predicted molar refractivity (Wildman–Crippen MR) is 217 cm³/mol. The average Bonchev–Trinajstić information content (AvgIpc) is 3.18.